The number of nitrogens with zero attached hydrogens (tertiary/aromatic N) is 1. The fourth-order valence-corrected chi connectivity index (χ4v) is 2.86. The average Bonchev–Trinajstić information content (AvgIpc) is 2.44. The molecule has 0 aliphatic carbocycles. The van der Waals surface area contributed by atoms with Gasteiger partial charge in [-0.2, -0.15) is 0 Å². The lowest BCUT2D eigenvalue weighted by Crippen LogP contribution is -1.94. The second-order valence-electron chi connectivity index (χ2n) is 3.06. The Morgan fingerprint density at radius 3 is 2.92 bits per heavy atom. The molecule has 0 fully saturated rings. The van der Waals surface area contributed by atoms with E-state index < -0.39 is 0 Å². The molecule has 0 bridgehead atoms. The summed E-state index contributed by atoms with van der Waals surface area (Å²) in [7, 11) is 0. The zero-order valence-corrected chi connectivity index (χ0v) is 9.73. The molecule has 1 heterocycles. The number of hydrogen-bond acceptors (Lipinski definition) is 2. The maximum absolute atomic E-state index is 4.54. The van der Waals surface area contributed by atoms with Crippen LogP contribution in [0.4, 0.5) is 0 Å². The van der Waals surface area contributed by atoms with Crippen LogP contribution >= 0.6 is 27.3 Å². The summed E-state index contributed by atoms with van der Waals surface area (Å²) < 4.78 is 1.28. The van der Waals surface area contributed by atoms with E-state index in [1.54, 1.807) is 11.3 Å². The van der Waals surface area contributed by atoms with E-state index in [4.69, 9.17) is 0 Å². The van der Waals surface area contributed by atoms with Crippen LogP contribution in [0.5, 0.6) is 0 Å². The zero-order chi connectivity index (χ0) is 9.26. The molecule has 0 aliphatic heterocycles. The van der Waals surface area contributed by atoms with Crippen molar-refractivity contribution in [1.29, 1.82) is 0 Å². The van der Waals surface area contributed by atoms with Crippen LogP contribution in [0.2, 0.25) is 0 Å². The van der Waals surface area contributed by atoms with Crippen molar-refractivity contribution >= 4 is 37.5 Å². The molecule has 0 radical (unpaired) electrons. The van der Waals surface area contributed by atoms with Crippen LogP contribution in [0.15, 0.2) is 24.3 Å². The number of halogens is 1. The highest BCUT2D eigenvalue weighted by Crippen LogP contribution is 2.23. The van der Waals surface area contributed by atoms with Gasteiger partial charge in [-0.25, -0.2) is 4.98 Å². The Bertz CT molecular complexity index is 375. The predicted molar refractivity (Wildman–Crippen MR) is 61.7 cm³/mol. The van der Waals surface area contributed by atoms with Gasteiger partial charge in [0.25, 0.3) is 0 Å². The molecule has 1 nitrogen and oxygen atoms in total. The third-order valence-corrected chi connectivity index (χ3v) is 3.18. The number of alkyl halides is 1. The molecule has 0 spiro atoms. The molecule has 1 atom stereocenters. The second-order valence-corrected chi connectivity index (χ2v) is 5.74. The van der Waals surface area contributed by atoms with Crippen molar-refractivity contribution in [2.45, 2.75) is 18.2 Å². The number of rotatable bonds is 2. The van der Waals surface area contributed by atoms with Crippen molar-refractivity contribution in [2.75, 3.05) is 0 Å². The normalized spacial score (nSPS) is 13.4. The van der Waals surface area contributed by atoms with Gasteiger partial charge in [0.15, 0.2) is 0 Å². The minimum atomic E-state index is 0.507. The monoisotopic (exact) mass is 255 g/mol. The first-order valence-corrected chi connectivity index (χ1v) is 5.97. The number of benzene rings is 1. The highest BCUT2D eigenvalue weighted by Gasteiger charge is 2.05. The van der Waals surface area contributed by atoms with Gasteiger partial charge >= 0.3 is 0 Å². The van der Waals surface area contributed by atoms with Gasteiger partial charge in [-0.1, -0.05) is 35.0 Å². The van der Waals surface area contributed by atoms with E-state index in [9.17, 15) is 0 Å². The van der Waals surface area contributed by atoms with Crippen LogP contribution < -0.4 is 0 Å². The minimum absolute atomic E-state index is 0.507. The topological polar surface area (TPSA) is 12.9 Å². The third-order valence-electron chi connectivity index (χ3n) is 1.79. The first-order chi connectivity index (χ1) is 6.25. The second kappa shape index (κ2) is 3.76. The Kier molecular flexibility index (Phi) is 2.65. The third kappa shape index (κ3) is 2.09. The first kappa shape index (κ1) is 9.16. The van der Waals surface area contributed by atoms with Gasteiger partial charge < -0.3 is 0 Å². The maximum atomic E-state index is 4.54. The van der Waals surface area contributed by atoms with Crippen molar-refractivity contribution in [3.05, 3.63) is 29.3 Å². The summed E-state index contributed by atoms with van der Waals surface area (Å²) in [5.41, 5.74) is 1.12. The number of thiazole rings is 1. The van der Waals surface area contributed by atoms with Crippen molar-refractivity contribution in [3.63, 3.8) is 0 Å². The summed E-state index contributed by atoms with van der Waals surface area (Å²) in [4.78, 5) is 5.05. The van der Waals surface area contributed by atoms with Crippen LogP contribution in [0, 0.1) is 0 Å². The van der Waals surface area contributed by atoms with Crippen LogP contribution in [-0.2, 0) is 6.42 Å². The van der Waals surface area contributed by atoms with E-state index in [1.165, 1.54) is 9.71 Å². The van der Waals surface area contributed by atoms with Gasteiger partial charge in [-0.05, 0) is 12.1 Å². The molecule has 2 rings (SSSR count). The molecule has 13 heavy (non-hydrogen) atoms. The molecule has 0 amide bonds. The Labute approximate surface area is 89.9 Å². The summed E-state index contributed by atoms with van der Waals surface area (Å²) >= 11 is 5.32. The molecule has 1 aromatic heterocycles. The highest BCUT2D eigenvalue weighted by molar-refractivity contribution is 9.09. The van der Waals surface area contributed by atoms with Gasteiger partial charge in [-0.15, -0.1) is 11.3 Å². The summed E-state index contributed by atoms with van der Waals surface area (Å²) in [6.07, 6.45) is 1.01. The minimum Gasteiger partial charge on any atom is -0.241 e. The fraction of sp³-hybridized carbons (Fsp3) is 0.300. The molecule has 0 aliphatic rings. The van der Waals surface area contributed by atoms with E-state index in [0.29, 0.717) is 4.83 Å². The van der Waals surface area contributed by atoms with E-state index in [2.05, 4.69) is 46.0 Å². The maximum Gasteiger partial charge on any atom is 0.0949 e. The molecule has 0 saturated heterocycles. The van der Waals surface area contributed by atoms with Crippen molar-refractivity contribution < 1.29 is 0 Å². The Morgan fingerprint density at radius 1 is 1.46 bits per heavy atom. The number of fused-ring (bicyclic) bond motifs is 1. The summed E-state index contributed by atoms with van der Waals surface area (Å²) in [5, 5.41) is 1.21. The molecular weight excluding hydrogens is 246 g/mol. The smallest absolute Gasteiger partial charge is 0.0949 e. The quantitative estimate of drug-likeness (QED) is 0.748. The number of para-hydroxylation sites is 1. The Hall–Kier alpha value is -0.410. The molecule has 0 saturated carbocycles. The van der Waals surface area contributed by atoms with Crippen molar-refractivity contribution in [1.82, 2.24) is 4.98 Å². The lowest BCUT2D eigenvalue weighted by molar-refractivity contribution is 0.949. The van der Waals surface area contributed by atoms with Crippen LogP contribution in [-0.4, -0.2) is 9.81 Å². The molecule has 0 unspecified atom stereocenters. The van der Waals surface area contributed by atoms with Crippen LogP contribution in [0.25, 0.3) is 10.2 Å². The van der Waals surface area contributed by atoms with E-state index in [0.717, 1.165) is 11.9 Å². The summed E-state index contributed by atoms with van der Waals surface area (Å²) in [6.45, 7) is 2.14. The molecule has 2 aromatic rings. The van der Waals surface area contributed by atoms with E-state index >= 15 is 0 Å². The van der Waals surface area contributed by atoms with Crippen LogP contribution in [0.3, 0.4) is 0 Å². The first-order valence-electron chi connectivity index (χ1n) is 4.24. The van der Waals surface area contributed by atoms with Gasteiger partial charge in [0.1, 0.15) is 0 Å². The molecule has 68 valence electrons. The van der Waals surface area contributed by atoms with Gasteiger partial charge in [0, 0.05) is 11.2 Å². The standard InChI is InChI=1S/C10H10BrNS/c1-7(11)6-10-12-8-4-2-3-5-9(8)13-10/h2-5,7H,6H2,1H3/t7-/m0/s1. The lowest BCUT2D eigenvalue weighted by Gasteiger charge is -1.95. The Balaban J connectivity index is 2.38. The van der Waals surface area contributed by atoms with Gasteiger partial charge in [0.05, 0.1) is 15.2 Å². The molecule has 1 aromatic carbocycles. The Morgan fingerprint density at radius 2 is 2.23 bits per heavy atom. The summed E-state index contributed by atoms with van der Waals surface area (Å²) in [6, 6.07) is 8.27. The van der Waals surface area contributed by atoms with Gasteiger partial charge in [-0.3, -0.25) is 0 Å². The van der Waals surface area contributed by atoms with Crippen LogP contribution in [0.1, 0.15) is 11.9 Å². The van der Waals surface area contributed by atoms with E-state index in [-0.39, 0.29) is 0 Å². The summed E-state index contributed by atoms with van der Waals surface area (Å²) in [5.74, 6) is 0. The number of hydrogen-bond donors (Lipinski definition) is 0. The predicted octanol–water partition coefficient (Wildman–Crippen LogP) is 3.62. The van der Waals surface area contributed by atoms with Crippen molar-refractivity contribution in [2.24, 2.45) is 0 Å². The number of aromatic nitrogens is 1. The average molecular weight is 256 g/mol. The van der Waals surface area contributed by atoms with Gasteiger partial charge in [0.2, 0.25) is 0 Å². The molecular formula is C10H10BrNS. The molecule has 3 heteroatoms. The van der Waals surface area contributed by atoms with Crippen molar-refractivity contribution in [3.8, 4) is 0 Å². The zero-order valence-electron chi connectivity index (χ0n) is 7.33. The van der Waals surface area contributed by atoms with E-state index in [1.807, 2.05) is 6.07 Å². The lowest BCUT2D eigenvalue weighted by atomic mass is 10.3. The SMILES string of the molecule is C[C@H](Br)Cc1nc2ccccc2s1. The highest BCUT2D eigenvalue weighted by atomic mass is 79.9. The fourth-order valence-electron chi connectivity index (χ4n) is 1.25. The largest absolute Gasteiger partial charge is 0.241 e. The molecule has 0 N–H and O–H groups in total.